The normalized spacial score (nSPS) is 24.0. The number of amides is 2. The molecule has 1 unspecified atom stereocenters. The van der Waals surface area contributed by atoms with E-state index in [9.17, 15) is 14.4 Å². The van der Waals surface area contributed by atoms with Crippen LogP contribution < -0.4 is 4.90 Å². The summed E-state index contributed by atoms with van der Waals surface area (Å²) in [5, 5.41) is 0. The summed E-state index contributed by atoms with van der Waals surface area (Å²) in [4.78, 5) is 48.0. The molecular weight excluding hydrogens is 460 g/mol. The molecule has 2 saturated heterocycles. The first kappa shape index (κ1) is 22.8. The lowest BCUT2D eigenvalue weighted by molar-refractivity contribution is -0.134. The molecule has 0 N–H and O–H groups in total. The first-order valence-corrected chi connectivity index (χ1v) is 12.7. The van der Waals surface area contributed by atoms with Crippen molar-refractivity contribution in [1.29, 1.82) is 0 Å². The molecule has 0 bridgehead atoms. The summed E-state index contributed by atoms with van der Waals surface area (Å²) in [6, 6.07) is 10.1. The van der Waals surface area contributed by atoms with Crippen LogP contribution in [0.15, 0.2) is 42.7 Å². The largest absolute Gasteiger partial charge is 0.450 e. The van der Waals surface area contributed by atoms with E-state index in [1.807, 2.05) is 17.9 Å². The molecule has 1 atom stereocenters. The van der Waals surface area contributed by atoms with Crippen molar-refractivity contribution in [2.75, 3.05) is 50.8 Å². The Bertz CT molecular complexity index is 1200. The van der Waals surface area contributed by atoms with Crippen LogP contribution in [0.1, 0.15) is 47.7 Å². The van der Waals surface area contributed by atoms with Crippen LogP contribution in [-0.2, 0) is 25.3 Å². The standard InChI is InChI=1S/C27H30N4O5/c1-2-35-25(34)30-15-13-29(14-16-30)20-5-3-19(4-6-20)26(8-9-26)24(33)31-12-10-27(18-31)22-7-11-28-17-21(22)23(32)36-27/h3-7,11,17H,2,8-10,12-16,18H2,1H3. The third-order valence-corrected chi connectivity index (χ3v) is 8.09. The predicted octanol–water partition coefficient (Wildman–Crippen LogP) is 2.69. The number of fused-ring (bicyclic) bond motifs is 2. The van der Waals surface area contributed by atoms with Gasteiger partial charge in [0.25, 0.3) is 0 Å². The average Bonchev–Trinajstić information content (AvgIpc) is 3.54. The van der Waals surface area contributed by atoms with E-state index in [0.29, 0.717) is 44.8 Å². The number of carbonyl (C=O) groups is 3. The van der Waals surface area contributed by atoms with Crippen molar-refractivity contribution in [2.45, 2.75) is 37.2 Å². The van der Waals surface area contributed by atoms with Crippen LogP contribution >= 0.6 is 0 Å². The van der Waals surface area contributed by atoms with Crippen molar-refractivity contribution in [2.24, 2.45) is 0 Å². The number of benzene rings is 1. The Morgan fingerprint density at radius 1 is 1.00 bits per heavy atom. The number of esters is 1. The number of carbonyl (C=O) groups excluding carboxylic acids is 3. The van der Waals surface area contributed by atoms with Gasteiger partial charge in [-0.25, -0.2) is 9.59 Å². The van der Waals surface area contributed by atoms with Crippen LogP contribution in [0.25, 0.3) is 0 Å². The van der Waals surface area contributed by atoms with Crippen LogP contribution in [0.5, 0.6) is 0 Å². The smallest absolute Gasteiger partial charge is 0.409 e. The monoisotopic (exact) mass is 490 g/mol. The molecule has 1 saturated carbocycles. The molecular formula is C27H30N4O5. The van der Waals surface area contributed by atoms with E-state index in [1.165, 1.54) is 0 Å². The molecule has 4 heterocycles. The Hall–Kier alpha value is -3.62. The van der Waals surface area contributed by atoms with E-state index in [1.54, 1.807) is 17.3 Å². The van der Waals surface area contributed by atoms with Gasteiger partial charge in [-0.05, 0) is 43.5 Å². The highest BCUT2D eigenvalue weighted by Crippen LogP contribution is 2.52. The first-order valence-electron chi connectivity index (χ1n) is 12.7. The number of anilines is 1. The Morgan fingerprint density at radius 3 is 2.44 bits per heavy atom. The van der Waals surface area contributed by atoms with Gasteiger partial charge in [-0.2, -0.15) is 0 Å². The van der Waals surface area contributed by atoms with E-state index in [0.717, 1.165) is 42.7 Å². The molecule has 36 heavy (non-hydrogen) atoms. The van der Waals surface area contributed by atoms with Gasteiger partial charge in [0.05, 0.1) is 24.1 Å². The van der Waals surface area contributed by atoms with Crippen molar-refractivity contribution >= 4 is 23.7 Å². The van der Waals surface area contributed by atoms with Gasteiger partial charge < -0.3 is 24.2 Å². The van der Waals surface area contributed by atoms with Gasteiger partial charge in [-0.3, -0.25) is 9.78 Å². The van der Waals surface area contributed by atoms with Gasteiger partial charge in [0.1, 0.15) is 0 Å². The fraction of sp³-hybridized carbons (Fsp3) is 0.481. The predicted molar refractivity (Wildman–Crippen MR) is 131 cm³/mol. The molecule has 3 fully saturated rings. The highest BCUT2D eigenvalue weighted by Gasteiger charge is 2.57. The van der Waals surface area contributed by atoms with E-state index in [-0.39, 0.29) is 18.0 Å². The van der Waals surface area contributed by atoms with E-state index in [2.05, 4.69) is 34.1 Å². The minimum Gasteiger partial charge on any atom is -0.450 e. The van der Waals surface area contributed by atoms with Crippen molar-refractivity contribution in [3.8, 4) is 0 Å². The minimum atomic E-state index is -0.753. The van der Waals surface area contributed by atoms with Crippen LogP contribution in [0.2, 0.25) is 0 Å². The highest BCUT2D eigenvalue weighted by atomic mass is 16.6. The Morgan fingerprint density at radius 2 is 1.75 bits per heavy atom. The Labute approximate surface area is 210 Å². The molecule has 3 aliphatic heterocycles. The number of piperazine rings is 1. The highest BCUT2D eigenvalue weighted by molar-refractivity contribution is 5.95. The molecule has 1 aliphatic carbocycles. The first-order chi connectivity index (χ1) is 17.5. The number of nitrogens with zero attached hydrogens (tertiary/aromatic N) is 4. The summed E-state index contributed by atoms with van der Waals surface area (Å²) in [5.74, 6) is -0.235. The minimum absolute atomic E-state index is 0.119. The summed E-state index contributed by atoms with van der Waals surface area (Å²) >= 11 is 0. The lowest BCUT2D eigenvalue weighted by Crippen LogP contribution is -2.49. The third-order valence-electron chi connectivity index (χ3n) is 8.09. The maximum Gasteiger partial charge on any atom is 0.409 e. The molecule has 2 aromatic rings. The maximum atomic E-state index is 13.7. The number of ether oxygens (including phenoxy) is 2. The van der Waals surface area contributed by atoms with E-state index in [4.69, 9.17) is 9.47 Å². The van der Waals surface area contributed by atoms with Crippen LogP contribution in [-0.4, -0.2) is 78.6 Å². The summed E-state index contributed by atoms with van der Waals surface area (Å²) in [6.07, 6.45) is 5.23. The second-order valence-corrected chi connectivity index (χ2v) is 10.1. The van der Waals surface area contributed by atoms with Gasteiger partial charge in [0.15, 0.2) is 5.60 Å². The topological polar surface area (TPSA) is 92.3 Å². The van der Waals surface area contributed by atoms with E-state index < -0.39 is 11.0 Å². The third kappa shape index (κ3) is 3.60. The number of hydrogen-bond acceptors (Lipinski definition) is 7. The van der Waals surface area contributed by atoms with E-state index >= 15 is 0 Å². The number of pyridine rings is 1. The lowest BCUT2D eigenvalue weighted by atomic mass is 9.92. The zero-order valence-electron chi connectivity index (χ0n) is 20.4. The van der Waals surface area contributed by atoms with Gasteiger partial charge in [0.2, 0.25) is 5.91 Å². The molecule has 6 rings (SSSR count). The van der Waals surface area contributed by atoms with Crippen LogP contribution in [0.4, 0.5) is 10.5 Å². The summed E-state index contributed by atoms with van der Waals surface area (Å²) in [6.45, 7) is 5.90. The molecule has 188 valence electrons. The summed E-state index contributed by atoms with van der Waals surface area (Å²) in [7, 11) is 0. The number of likely N-dealkylation sites (tertiary alicyclic amines) is 1. The van der Waals surface area contributed by atoms with Crippen LogP contribution in [0, 0.1) is 0 Å². The molecule has 1 aromatic heterocycles. The van der Waals surface area contributed by atoms with Crippen molar-refractivity contribution in [3.63, 3.8) is 0 Å². The second-order valence-electron chi connectivity index (χ2n) is 10.1. The lowest BCUT2D eigenvalue weighted by Gasteiger charge is -2.35. The molecule has 1 spiro atoms. The second kappa shape index (κ2) is 8.50. The maximum absolute atomic E-state index is 13.7. The molecule has 2 amide bonds. The quantitative estimate of drug-likeness (QED) is 0.609. The number of rotatable bonds is 4. The number of aromatic nitrogens is 1. The van der Waals surface area contributed by atoms with Gasteiger partial charge in [-0.1, -0.05) is 12.1 Å². The summed E-state index contributed by atoms with van der Waals surface area (Å²) in [5.41, 5.74) is 2.23. The zero-order chi connectivity index (χ0) is 24.9. The van der Waals surface area contributed by atoms with Gasteiger partial charge in [-0.15, -0.1) is 0 Å². The van der Waals surface area contributed by atoms with Crippen molar-refractivity contribution in [3.05, 3.63) is 59.4 Å². The van der Waals surface area contributed by atoms with Crippen LogP contribution in [0.3, 0.4) is 0 Å². The fourth-order valence-corrected chi connectivity index (χ4v) is 5.91. The zero-order valence-corrected chi connectivity index (χ0v) is 20.4. The summed E-state index contributed by atoms with van der Waals surface area (Å²) < 4.78 is 10.9. The fourth-order valence-electron chi connectivity index (χ4n) is 5.91. The average molecular weight is 491 g/mol. The van der Waals surface area contributed by atoms with Gasteiger partial charge >= 0.3 is 12.1 Å². The molecule has 1 aromatic carbocycles. The number of hydrogen-bond donors (Lipinski definition) is 0. The Kier molecular flexibility index (Phi) is 5.39. The molecule has 0 radical (unpaired) electrons. The molecule has 9 heteroatoms. The van der Waals surface area contributed by atoms with Gasteiger partial charge in [0, 0.05) is 62.8 Å². The molecule has 9 nitrogen and oxygen atoms in total. The SMILES string of the molecule is CCOC(=O)N1CCN(c2ccc(C3(C(=O)N4CCC5(C4)OC(=O)c4cnccc45)CC3)cc2)CC1. The Balaban J connectivity index is 1.13. The molecule has 4 aliphatic rings. The van der Waals surface area contributed by atoms with Crippen molar-refractivity contribution in [1.82, 2.24) is 14.8 Å². The van der Waals surface area contributed by atoms with Crippen molar-refractivity contribution < 1.29 is 23.9 Å².